The average Bonchev–Trinajstić information content (AvgIpc) is 3.10. The number of esters is 1. The smallest absolute Gasteiger partial charge is 0.329 e. The molecule has 0 aliphatic heterocycles. The number of tetrazole rings is 1. The average molecular weight is 347 g/mol. The summed E-state index contributed by atoms with van der Waals surface area (Å²) >= 11 is 0. The maximum atomic E-state index is 12.2. The van der Waals surface area contributed by atoms with E-state index < -0.39 is 11.5 Å². The van der Waals surface area contributed by atoms with E-state index in [1.807, 2.05) is 30.3 Å². The Morgan fingerprint density at radius 3 is 2.76 bits per heavy atom. The monoisotopic (exact) mass is 347 g/mol. The normalized spacial score (nSPS) is 13.2. The zero-order chi connectivity index (χ0) is 18.1. The minimum Gasteiger partial charge on any atom is -0.491 e. The number of nitrogens with zero attached hydrogens (tertiary/aromatic N) is 4. The molecule has 0 aliphatic rings. The summed E-state index contributed by atoms with van der Waals surface area (Å²) in [7, 11) is 1.36. The predicted molar refractivity (Wildman–Crippen MR) is 91.9 cm³/mol. The fraction of sp³-hybridized carbons (Fsp3) is 0.529. The van der Waals surface area contributed by atoms with Crippen LogP contribution in [0.1, 0.15) is 32.5 Å². The molecule has 8 heteroatoms. The standard InChI is InChI=1S/C17H25N5O3/c1-4-5-11-22-15(19-20-21-22)12-18-17(2,16(23)24-3)13-25-14-9-7-6-8-10-14/h6-10,18H,4-5,11-13H2,1-3H3. The molecule has 0 saturated carbocycles. The summed E-state index contributed by atoms with van der Waals surface area (Å²) < 4.78 is 12.4. The molecule has 0 fully saturated rings. The molecule has 1 heterocycles. The Morgan fingerprint density at radius 1 is 1.32 bits per heavy atom. The van der Waals surface area contributed by atoms with Crippen LogP contribution in [0.4, 0.5) is 0 Å². The Morgan fingerprint density at radius 2 is 2.08 bits per heavy atom. The zero-order valence-electron chi connectivity index (χ0n) is 14.9. The van der Waals surface area contributed by atoms with E-state index in [4.69, 9.17) is 9.47 Å². The zero-order valence-corrected chi connectivity index (χ0v) is 14.9. The molecule has 8 nitrogen and oxygen atoms in total. The van der Waals surface area contributed by atoms with Crippen LogP contribution in [0.3, 0.4) is 0 Å². The van der Waals surface area contributed by atoms with Gasteiger partial charge in [0.1, 0.15) is 17.9 Å². The fourth-order valence-electron chi connectivity index (χ4n) is 2.26. The van der Waals surface area contributed by atoms with Crippen molar-refractivity contribution < 1.29 is 14.3 Å². The number of methoxy groups -OCH3 is 1. The molecule has 2 rings (SSSR count). The lowest BCUT2D eigenvalue weighted by molar-refractivity contribution is -0.149. The molecule has 0 aliphatic carbocycles. The molecule has 2 aromatic rings. The molecule has 1 aromatic carbocycles. The van der Waals surface area contributed by atoms with Crippen LogP contribution in [-0.4, -0.2) is 45.4 Å². The van der Waals surface area contributed by atoms with Crippen LogP contribution >= 0.6 is 0 Å². The molecule has 136 valence electrons. The lowest BCUT2D eigenvalue weighted by Gasteiger charge is -2.27. The largest absolute Gasteiger partial charge is 0.491 e. The van der Waals surface area contributed by atoms with Crippen LogP contribution in [0.2, 0.25) is 0 Å². The topological polar surface area (TPSA) is 91.2 Å². The molecule has 0 amide bonds. The molecule has 0 spiro atoms. The van der Waals surface area contributed by atoms with E-state index in [0.717, 1.165) is 19.4 Å². The summed E-state index contributed by atoms with van der Waals surface area (Å²) in [5, 5.41) is 14.9. The number of aryl methyl sites for hydroxylation is 1. The maximum absolute atomic E-state index is 12.2. The van der Waals surface area contributed by atoms with Crippen molar-refractivity contribution in [2.45, 2.75) is 45.3 Å². The number of aromatic nitrogens is 4. The molecule has 1 unspecified atom stereocenters. The minimum atomic E-state index is -1.02. The summed E-state index contributed by atoms with van der Waals surface area (Å²) in [6.07, 6.45) is 2.04. The van der Waals surface area contributed by atoms with E-state index in [-0.39, 0.29) is 6.61 Å². The number of carbonyl (C=O) groups excluding carboxylic acids is 1. The lowest BCUT2D eigenvalue weighted by Crippen LogP contribution is -2.54. The molecular formula is C17H25N5O3. The number of hydrogen-bond donors (Lipinski definition) is 1. The Hall–Kier alpha value is -2.48. The number of carbonyl (C=O) groups is 1. The van der Waals surface area contributed by atoms with Gasteiger partial charge in [-0.1, -0.05) is 31.5 Å². The van der Waals surface area contributed by atoms with Crippen molar-refractivity contribution in [1.29, 1.82) is 0 Å². The third kappa shape index (κ3) is 5.25. The Labute approximate surface area is 147 Å². The van der Waals surface area contributed by atoms with Gasteiger partial charge in [-0.2, -0.15) is 0 Å². The van der Waals surface area contributed by atoms with Gasteiger partial charge in [-0.25, -0.2) is 9.48 Å². The lowest BCUT2D eigenvalue weighted by atomic mass is 10.0. The summed E-state index contributed by atoms with van der Waals surface area (Å²) in [4.78, 5) is 12.2. The Bertz CT molecular complexity index is 661. The van der Waals surface area contributed by atoms with E-state index in [2.05, 4.69) is 27.8 Å². The highest BCUT2D eigenvalue weighted by Gasteiger charge is 2.35. The van der Waals surface area contributed by atoms with Crippen LogP contribution in [0, 0.1) is 0 Å². The molecule has 0 saturated heterocycles. The van der Waals surface area contributed by atoms with Gasteiger partial charge in [-0.15, -0.1) is 5.10 Å². The first kappa shape index (κ1) is 18.9. The van der Waals surface area contributed by atoms with Crippen molar-refractivity contribution in [2.24, 2.45) is 0 Å². The molecule has 0 bridgehead atoms. The van der Waals surface area contributed by atoms with Gasteiger partial charge in [0.05, 0.1) is 13.7 Å². The van der Waals surface area contributed by atoms with Gasteiger partial charge in [0.2, 0.25) is 0 Å². The quantitative estimate of drug-likeness (QED) is 0.652. The molecule has 1 N–H and O–H groups in total. The van der Waals surface area contributed by atoms with E-state index in [1.54, 1.807) is 11.6 Å². The van der Waals surface area contributed by atoms with Gasteiger partial charge in [-0.05, 0) is 35.9 Å². The Balaban J connectivity index is 2.02. The second kappa shape index (κ2) is 9.12. The summed E-state index contributed by atoms with van der Waals surface area (Å²) in [5.41, 5.74) is -1.02. The van der Waals surface area contributed by atoms with Crippen LogP contribution in [0.25, 0.3) is 0 Å². The van der Waals surface area contributed by atoms with Gasteiger partial charge in [0, 0.05) is 6.54 Å². The van der Waals surface area contributed by atoms with Gasteiger partial charge >= 0.3 is 5.97 Å². The van der Waals surface area contributed by atoms with Crippen molar-refractivity contribution in [1.82, 2.24) is 25.5 Å². The number of hydrogen-bond acceptors (Lipinski definition) is 7. The van der Waals surface area contributed by atoms with Crippen LogP contribution in [0.15, 0.2) is 30.3 Å². The van der Waals surface area contributed by atoms with Crippen LogP contribution in [-0.2, 0) is 22.6 Å². The third-order valence-electron chi connectivity index (χ3n) is 3.87. The number of rotatable bonds is 10. The first-order chi connectivity index (χ1) is 12.1. The highest BCUT2D eigenvalue weighted by molar-refractivity contribution is 5.80. The molecule has 1 atom stereocenters. The van der Waals surface area contributed by atoms with Crippen molar-refractivity contribution >= 4 is 5.97 Å². The summed E-state index contributed by atoms with van der Waals surface area (Å²) in [6, 6.07) is 9.33. The van der Waals surface area contributed by atoms with Crippen molar-refractivity contribution in [2.75, 3.05) is 13.7 Å². The number of benzene rings is 1. The number of ether oxygens (including phenoxy) is 2. The van der Waals surface area contributed by atoms with Gasteiger partial charge in [0.25, 0.3) is 0 Å². The van der Waals surface area contributed by atoms with Gasteiger partial charge < -0.3 is 9.47 Å². The highest BCUT2D eigenvalue weighted by Crippen LogP contribution is 2.14. The second-order valence-corrected chi connectivity index (χ2v) is 5.95. The summed E-state index contributed by atoms with van der Waals surface area (Å²) in [6.45, 7) is 5.05. The highest BCUT2D eigenvalue weighted by atomic mass is 16.5. The minimum absolute atomic E-state index is 0.125. The molecule has 1 aromatic heterocycles. The maximum Gasteiger partial charge on any atom is 0.329 e. The number of nitrogens with one attached hydrogen (secondary N) is 1. The van der Waals surface area contributed by atoms with E-state index in [0.29, 0.717) is 18.1 Å². The first-order valence-electron chi connectivity index (χ1n) is 8.35. The molecular weight excluding hydrogens is 322 g/mol. The second-order valence-electron chi connectivity index (χ2n) is 5.95. The SMILES string of the molecule is CCCCn1nnnc1CNC(C)(COc1ccccc1)C(=O)OC. The van der Waals surface area contributed by atoms with Crippen molar-refractivity contribution in [3.63, 3.8) is 0 Å². The molecule has 0 radical (unpaired) electrons. The Kier molecular flexibility index (Phi) is 6.88. The van der Waals surface area contributed by atoms with Crippen molar-refractivity contribution in [3.05, 3.63) is 36.2 Å². The summed E-state index contributed by atoms with van der Waals surface area (Å²) in [5.74, 6) is 0.950. The van der Waals surface area contributed by atoms with E-state index in [1.165, 1.54) is 7.11 Å². The third-order valence-corrected chi connectivity index (χ3v) is 3.87. The van der Waals surface area contributed by atoms with E-state index >= 15 is 0 Å². The van der Waals surface area contributed by atoms with E-state index in [9.17, 15) is 4.79 Å². The first-order valence-corrected chi connectivity index (χ1v) is 8.35. The van der Waals surface area contributed by atoms with Gasteiger partial charge in [0.15, 0.2) is 5.82 Å². The van der Waals surface area contributed by atoms with Gasteiger partial charge in [-0.3, -0.25) is 5.32 Å². The van der Waals surface area contributed by atoms with Crippen LogP contribution in [0.5, 0.6) is 5.75 Å². The van der Waals surface area contributed by atoms with Crippen LogP contribution < -0.4 is 10.1 Å². The predicted octanol–water partition coefficient (Wildman–Crippen LogP) is 1.57. The fourth-order valence-corrected chi connectivity index (χ4v) is 2.26. The van der Waals surface area contributed by atoms with Crippen molar-refractivity contribution in [3.8, 4) is 5.75 Å². The number of unbranched alkanes of at least 4 members (excludes halogenated alkanes) is 1. The molecule has 25 heavy (non-hydrogen) atoms. The number of para-hydroxylation sites is 1.